The number of pyridine rings is 1. The normalized spacial score (nSPS) is 27.6. The molecule has 1 aromatic rings. The molecule has 3 aliphatic heterocycles. The minimum absolute atomic E-state index is 0.00741. The highest BCUT2D eigenvalue weighted by Crippen LogP contribution is 2.31. The lowest BCUT2D eigenvalue weighted by molar-refractivity contribution is -0.120. The number of hydrogen-bond acceptors (Lipinski definition) is 6. The summed E-state index contributed by atoms with van der Waals surface area (Å²) in [5, 5.41) is 7.92. The minimum atomic E-state index is -2.57. The number of likely N-dealkylation sites (N-methyl/N-ethyl adjacent to an activating group) is 1. The van der Waals surface area contributed by atoms with Gasteiger partial charge in [-0.15, -0.1) is 0 Å². The van der Waals surface area contributed by atoms with Crippen molar-refractivity contribution in [2.45, 2.75) is 38.2 Å². The smallest absolute Gasteiger partial charge is 0.267 e. The molecule has 8 nitrogen and oxygen atoms in total. The van der Waals surface area contributed by atoms with Crippen LogP contribution >= 0.6 is 11.6 Å². The number of amides is 2. The summed E-state index contributed by atoms with van der Waals surface area (Å²) in [6.45, 7) is 5.03. The first-order valence-corrected chi connectivity index (χ1v) is 11.3. The molecule has 4 heterocycles. The molecule has 0 saturated carbocycles. The maximum absolute atomic E-state index is 12.2. The van der Waals surface area contributed by atoms with Gasteiger partial charge < -0.3 is 20.9 Å². The Balaban J connectivity index is 1.36. The van der Waals surface area contributed by atoms with Crippen LogP contribution in [-0.2, 0) is 22.6 Å². The molecule has 0 aromatic carbocycles. The zero-order valence-corrected chi connectivity index (χ0v) is 19.1. The number of aromatic nitrogens is 1. The summed E-state index contributed by atoms with van der Waals surface area (Å²) in [6.07, 6.45) is 6.72. The third-order valence-electron chi connectivity index (χ3n) is 6.32. The van der Waals surface area contributed by atoms with Crippen LogP contribution in [0.4, 0.5) is 5.69 Å². The number of piperazine rings is 1. The SMILES string of the molecule is [2H]C([2H])([2H])NC(=O)C1=CC=C(N2CCN(Cc3cnc4c(c3)NC(=O)C(CC)C4)CC2)C(C)(Cl)N1. The fraction of sp³-hybridized carbons (Fsp3) is 0.522. The molecule has 0 aliphatic carbocycles. The fourth-order valence-corrected chi connectivity index (χ4v) is 4.75. The predicted molar refractivity (Wildman–Crippen MR) is 125 cm³/mol. The standard InChI is InChI=1S/C23H31ClN6O2/c1-4-16-12-18-19(27-21(16)31)11-15(13-26-18)14-29-7-9-30(10-8-29)20-6-5-17(22(32)25-3)28-23(20,2)24/h5-6,11,13,16,28H,4,7-10,12,14H2,1-3H3,(H,25,32)(H,27,31)/i3D3. The Labute approximate surface area is 198 Å². The molecular formula is C23H31ClN6O2. The molecule has 1 aromatic heterocycles. The maximum Gasteiger partial charge on any atom is 0.267 e. The molecule has 1 fully saturated rings. The van der Waals surface area contributed by atoms with Crippen LogP contribution in [0.5, 0.6) is 0 Å². The first-order chi connectivity index (χ1) is 16.4. The van der Waals surface area contributed by atoms with Gasteiger partial charge in [0.15, 0.2) is 0 Å². The topological polar surface area (TPSA) is 89.6 Å². The van der Waals surface area contributed by atoms with Crippen LogP contribution in [0.25, 0.3) is 0 Å². The number of carbonyl (C=O) groups is 2. The van der Waals surface area contributed by atoms with E-state index in [1.54, 1.807) is 19.1 Å². The average Bonchev–Trinajstić information content (AvgIpc) is 2.77. The summed E-state index contributed by atoms with van der Waals surface area (Å²) >= 11 is 6.71. The number of halogens is 1. The van der Waals surface area contributed by atoms with E-state index >= 15 is 0 Å². The summed E-state index contributed by atoms with van der Waals surface area (Å²) < 4.78 is 21.6. The first kappa shape index (κ1) is 18.9. The molecule has 3 aliphatic rings. The summed E-state index contributed by atoms with van der Waals surface area (Å²) in [6, 6.07) is 2.03. The number of rotatable bonds is 5. The van der Waals surface area contributed by atoms with Crippen molar-refractivity contribution in [2.75, 3.05) is 38.5 Å². The number of fused-ring (bicyclic) bond motifs is 1. The molecule has 2 atom stereocenters. The third kappa shape index (κ3) is 4.61. The fourth-order valence-electron chi connectivity index (χ4n) is 4.47. The Bertz CT molecular complexity index is 1060. The Hall–Kier alpha value is -2.58. The van der Waals surface area contributed by atoms with Gasteiger partial charge in [-0.3, -0.25) is 19.5 Å². The molecule has 4 rings (SSSR count). The van der Waals surface area contributed by atoms with E-state index in [-0.39, 0.29) is 17.5 Å². The molecule has 1 saturated heterocycles. The second-order valence-electron chi connectivity index (χ2n) is 8.61. The van der Waals surface area contributed by atoms with Crippen LogP contribution in [0.1, 0.15) is 35.6 Å². The molecule has 0 spiro atoms. The summed E-state index contributed by atoms with van der Waals surface area (Å²) in [4.78, 5) is 32.5. The number of allylic oxidation sites excluding steroid dienone is 2. The third-order valence-corrected chi connectivity index (χ3v) is 6.61. The molecule has 2 amide bonds. The van der Waals surface area contributed by atoms with Crippen LogP contribution in [-0.4, -0.2) is 64.8 Å². The van der Waals surface area contributed by atoms with Crippen LogP contribution < -0.4 is 16.0 Å². The van der Waals surface area contributed by atoms with Gasteiger partial charge in [-0.1, -0.05) is 18.5 Å². The molecular weight excluding hydrogens is 428 g/mol. The van der Waals surface area contributed by atoms with Crippen molar-refractivity contribution < 1.29 is 13.7 Å². The highest BCUT2D eigenvalue weighted by molar-refractivity contribution is 6.25. The number of alkyl halides is 1. The first-order valence-electron chi connectivity index (χ1n) is 12.4. The van der Waals surface area contributed by atoms with Crippen molar-refractivity contribution in [3.05, 3.63) is 47.1 Å². The second-order valence-corrected chi connectivity index (χ2v) is 9.37. The van der Waals surface area contributed by atoms with Gasteiger partial charge in [-0.25, -0.2) is 0 Å². The lowest BCUT2D eigenvalue weighted by Gasteiger charge is -2.43. The van der Waals surface area contributed by atoms with Gasteiger partial charge in [0.1, 0.15) is 10.7 Å². The molecule has 3 N–H and O–H groups in total. The summed E-state index contributed by atoms with van der Waals surface area (Å²) in [7, 11) is 0. The Morgan fingerprint density at radius 2 is 2.16 bits per heavy atom. The van der Waals surface area contributed by atoms with Crippen LogP contribution in [0.2, 0.25) is 0 Å². The van der Waals surface area contributed by atoms with Crippen molar-refractivity contribution >= 4 is 29.1 Å². The number of hydrogen-bond donors (Lipinski definition) is 3. The predicted octanol–water partition coefficient (Wildman–Crippen LogP) is 1.79. The van der Waals surface area contributed by atoms with Crippen LogP contribution in [0.15, 0.2) is 35.8 Å². The zero-order chi connectivity index (χ0) is 25.4. The lowest BCUT2D eigenvalue weighted by atomic mass is 9.94. The second kappa shape index (κ2) is 9.11. The highest BCUT2D eigenvalue weighted by atomic mass is 35.5. The zero-order valence-electron chi connectivity index (χ0n) is 21.4. The van der Waals surface area contributed by atoms with E-state index in [0.717, 1.165) is 61.8 Å². The quantitative estimate of drug-likeness (QED) is 0.457. The van der Waals surface area contributed by atoms with Gasteiger partial charge in [-0.05, 0) is 37.1 Å². The summed E-state index contributed by atoms with van der Waals surface area (Å²) in [5.41, 5.74) is 3.76. The van der Waals surface area contributed by atoms with Gasteiger partial charge in [0.05, 0.1) is 17.1 Å². The van der Waals surface area contributed by atoms with E-state index in [0.29, 0.717) is 6.42 Å². The van der Waals surface area contributed by atoms with Gasteiger partial charge in [0.2, 0.25) is 5.91 Å². The van der Waals surface area contributed by atoms with Gasteiger partial charge in [-0.2, -0.15) is 0 Å². The molecule has 32 heavy (non-hydrogen) atoms. The van der Waals surface area contributed by atoms with Crippen molar-refractivity contribution in [3.8, 4) is 0 Å². The average molecular weight is 462 g/mol. The van der Waals surface area contributed by atoms with Crippen molar-refractivity contribution in [1.82, 2.24) is 25.4 Å². The number of nitrogens with zero attached hydrogens (tertiary/aromatic N) is 3. The van der Waals surface area contributed by atoms with Gasteiger partial charge in [0.25, 0.3) is 5.91 Å². The van der Waals surface area contributed by atoms with E-state index in [9.17, 15) is 9.59 Å². The molecule has 0 bridgehead atoms. The molecule has 2 unspecified atom stereocenters. The number of nitrogens with one attached hydrogen (secondary N) is 3. The van der Waals surface area contributed by atoms with Crippen LogP contribution in [0.3, 0.4) is 0 Å². The number of carbonyl (C=O) groups excluding carboxylic acids is 2. The number of dihydropyridines is 1. The van der Waals surface area contributed by atoms with Crippen molar-refractivity contribution in [1.29, 1.82) is 0 Å². The van der Waals surface area contributed by atoms with E-state index < -0.39 is 17.9 Å². The monoisotopic (exact) mass is 461 g/mol. The lowest BCUT2D eigenvalue weighted by Crippen LogP contribution is -2.53. The largest absolute Gasteiger partial charge is 0.369 e. The van der Waals surface area contributed by atoms with Gasteiger partial charge >= 0.3 is 0 Å². The number of anilines is 1. The van der Waals surface area contributed by atoms with Crippen molar-refractivity contribution in [3.63, 3.8) is 0 Å². The summed E-state index contributed by atoms with van der Waals surface area (Å²) in [5.74, 6) is -0.664. The van der Waals surface area contributed by atoms with Gasteiger partial charge in [0, 0.05) is 62.3 Å². The minimum Gasteiger partial charge on any atom is -0.369 e. The van der Waals surface area contributed by atoms with E-state index in [4.69, 9.17) is 15.7 Å². The van der Waals surface area contributed by atoms with E-state index in [1.807, 2.05) is 24.5 Å². The molecule has 9 heteroatoms. The maximum atomic E-state index is 12.2. The van der Waals surface area contributed by atoms with E-state index in [1.165, 1.54) is 0 Å². The van der Waals surface area contributed by atoms with Crippen LogP contribution in [0, 0.1) is 5.92 Å². The molecule has 172 valence electrons. The van der Waals surface area contributed by atoms with E-state index in [2.05, 4.69) is 25.4 Å². The Morgan fingerprint density at radius 3 is 2.84 bits per heavy atom. The van der Waals surface area contributed by atoms with Crippen molar-refractivity contribution in [2.24, 2.45) is 5.92 Å². The molecule has 0 radical (unpaired) electrons. The highest BCUT2D eigenvalue weighted by Gasteiger charge is 2.35. The Morgan fingerprint density at radius 1 is 1.38 bits per heavy atom. The Kier molecular flexibility index (Phi) is 5.39.